The molecule has 17 heavy (non-hydrogen) atoms. The van der Waals surface area contributed by atoms with Crippen LogP contribution in [-0.4, -0.2) is 0 Å². The van der Waals surface area contributed by atoms with Gasteiger partial charge in [0.1, 0.15) is 0 Å². The Bertz CT molecular complexity index is 554. The third kappa shape index (κ3) is 1.89. The zero-order chi connectivity index (χ0) is 11.8. The molecule has 1 unspecified atom stereocenters. The van der Waals surface area contributed by atoms with Crippen LogP contribution in [0.1, 0.15) is 11.9 Å². The van der Waals surface area contributed by atoms with Crippen molar-refractivity contribution >= 4 is 17.3 Å². The number of benzene rings is 2. The lowest BCUT2D eigenvalue weighted by molar-refractivity contribution is 0.0487. The van der Waals surface area contributed by atoms with Crippen molar-refractivity contribution in [2.75, 3.05) is 5.73 Å². The normalized spacial score (nSPS) is 17.1. The molecule has 0 radical (unpaired) electrons. The number of anilines is 1. The van der Waals surface area contributed by atoms with E-state index in [-0.39, 0.29) is 0 Å². The molecule has 2 aromatic rings. The summed E-state index contributed by atoms with van der Waals surface area (Å²) in [5.74, 6) is 1.38. The topological polar surface area (TPSA) is 44.5 Å². The van der Waals surface area contributed by atoms with E-state index in [9.17, 15) is 0 Å². The molecule has 2 aromatic carbocycles. The third-order valence-corrected chi connectivity index (χ3v) is 2.83. The molecule has 0 aliphatic carbocycles. The Kier molecular flexibility index (Phi) is 2.34. The lowest BCUT2D eigenvalue weighted by atomic mass is 10.2. The molecule has 0 aromatic heterocycles. The van der Waals surface area contributed by atoms with Gasteiger partial charge in [-0.25, -0.2) is 0 Å². The fraction of sp³-hybridized carbons (Fsp3) is 0.0769. The van der Waals surface area contributed by atoms with Crippen molar-refractivity contribution in [3.63, 3.8) is 0 Å². The average molecular weight is 248 g/mol. The van der Waals surface area contributed by atoms with E-state index in [1.54, 1.807) is 30.3 Å². The highest BCUT2D eigenvalue weighted by Crippen LogP contribution is 2.41. The molecule has 0 saturated carbocycles. The van der Waals surface area contributed by atoms with Crippen LogP contribution >= 0.6 is 11.6 Å². The quantitative estimate of drug-likeness (QED) is 0.786. The molecule has 1 atom stereocenters. The Labute approximate surface area is 104 Å². The summed E-state index contributed by atoms with van der Waals surface area (Å²) < 4.78 is 11.3. The SMILES string of the molecule is Nc1ccc2c(c1)OC(c1ccc(Cl)cc1)O2. The summed E-state index contributed by atoms with van der Waals surface area (Å²) >= 11 is 5.83. The average Bonchev–Trinajstić information content (AvgIpc) is 2.72. The van der Waals surface area contributed by atoms with Crippen LogP contribution in [0.2, 0.25) is 5.02 Å². The minimum absolute atomic E-state index is 0.427. The van der Waals surface area contributed by atoms with E-state index >= 15 is 0 Å². The van der Waals surface area contributed by atoms with Gasteiger partial charge < -0.3 is 15.2 Å². The molecule has 86 valence electrons. The van der Waals surface area contributed by atoms with Gasteiger partial charge >= 0.3 is 0 Å². The summed E-state index contributed by atoms with van der Waals surface area (Å²) in [6.45, 7) is 0. The minimum atomic E-state index is -0.427. The van der Waals surface area contributed by atoms with Crippen molar-refractivity contribution < 1.29 is 9.47 Å². The molecule has 1 aliphatic rings. The molecule has 3 rings (SSSR count). The largest absolute Gasteiger partial charge is 0.447 e. The molecule has 0 fully saturated rings. The molecule has 0 amide bonds. The van der Waals surface area contributed by atoms with E-state index in [1.807, 2.05) is 12.1 Å². The van der Waals surface area contributed by atoms with E-state index in [4.69, 9.17) is 26.8 Å². The van der Waals surface area contributed by atoms with Gasteiger partial charge in [0.05, 0.1) is 0 Å². The maximum absolute atomic E-state index is 5.83. The standard InChI is InChI=1S/C13H10ClNO2/c14-9-3-1-8(2-4-9)13-16-11-6-5-10(15)7-12(11)17-13/h1-7,13H,15H2. The smallest absolute Gasteiger partial charge is 0.267 e. The number of hydrogen-bond acceptors (Lipinski definition) is 3. The van der Waals surface area contributed by atoms with Crippen LogP contribution in [0.15, 0.2) is 42.5 Å². The summed E-state index contributed by atoms with van der Waals surface area (Å²) in [6.07, 6.45) is -0.427. The van der Waals surface area contributed by atoms with Gasteiger partial charge in [0, 0.05) is 22.3 Å². The van der Waals surface area contributed by atoms with E-state index in [1.165, 1.54) is 0 Å². The highest BCUT2D eigenvalue weighted by atomic mass is 35.5. The second-order valence-electron chi connectivity index (χ2n) is 3.83. The predicted molar refractivity (Wildman–Crippen MR) is 66.3 cm³/mol. The van der Waals surface area contributed by atoms with Crippen molar-refractivity contribution in [1.82, 2.24) is 0 Å². The van der Waals surface area contributed by atoms with Crippen LogP contribution in [0, 0.1) is 0 Å². The van der Waals surface area contributed by atoms with Crippen LogP contribution < -0.4 is 15.2 Å². The lowest BCUT2D eigenvalue weighted by Crippen LogP contribution is -2.07. The van der Waals surface area contributed by atoms with Crippen molar-refractivity contribution in [3.05, 3.63) is 53.1 Å². The van der Waals surface area contributed by atoms with Gasteiger partial charge in [-0.15, -0.1) is 0 Å². The monoisotopic (exact) mass is 247 g/mol. The number of ether oxygens (including phenoxy) is 2. The van der Waals surface area contributed by atoms with Gasteiger partial charge in [-0.1, -0.05) is 23.7 Å². The molecule has 2 N–H and O–H groups in total. The van der Waals surface area contributed by atoms with E-state index in [2.05, 4.69) is 0 Å². The zero-order valence-electron chi connectivity index (χ0n) is 8.89. The lowest BCUT2D eigenvalue weighted by Gasteiger charge is -2.10. The van der Waals surface area contributed by atoms with Crippen LogP contribution in [0.4, 0.5) is 5.69 Å². The molecule has 3 nitrogen and oxygen atoms in total. The van der Waals surface area contributed by atoms with Crippen LogP contribution in [-0.2, 0) is 0 Å². The first kappa shape index (κ1) is 10.3. The summed E-state index contributed by atoms with van der Waals surface area (Å²) in [6, 6.07) is 12.7. The van der Waals surface area contributed by atoms with Crippen molar-refractivity contribution in [1.29, 1.82) is 0 Å². The van der Waals surface area contributed by atoms with Crippen molar-refractivity contribution in [3.8, 4) is 11.5 Å². The fourth-order valence-corrected chi connectivity index (χ4v) is 1.85. The summed E-state index contributed by atoms with van der Waals surface area (Å²) in [5, 5.41) is 0.688. The molecule has 1 aliphatic heterocycles. The number of halogens is 1. The maximum atomic E-state index is 5.83. The maximum Gasteiger partial charge on any atom is 0.267 e. The number of hydrogen-bond donors (Lipinski definition) is 1. The second-order valence-corrected chi connectivity index (χ2v) is 4.26. The molecular formula is C13H10ClNO2. The summed E-state index contributed by atoms with van der Waals surface area (Å²) in [4.78, 5) is 0. The Morgan fingerprint density at radius 1 is 0.941 bits per heavy atom. The van der Waals surface area contributed by atoms with Gasteiger partial charge in [-0.3, -0.25) is 0 Å². The van der Waals surface area contributed by atoms with Crippen molar-refractivity contribution in [2.45, 2.75) is 6.29 Å². The Morgan fingerprint density at radius 3 is 2.41 bits per heavy atom. The first-order valence-corrected chi connectivity index (χ1v) is 5.58. The molecule has 0 saturated heterocycles. The highest BCUT2D eigenvalue weighted by Gasteiger charge is 2.25. The highest BCUT2D eigenvalue weighted by molar-refractivity contribution is 6.30. The molecule has 0 spiro atoms. The Balaban J connectivity index is 1.88. The number of rotatable bonds is 1. The number of nitrogen functional groups attached to an aromatic ring is 1. The third-order valence-electron chi connectivity index (χ3n) is 2.58. The second kappa shape index (κ2) is 3.86. The summed E-state index contributed by atoms with van der Waals surface area (Å²) in [5.41, 5.74) is 7.26. The first-order valence-electron chi connectivity index (χ1n) is 5.21. The molecule has 0 bridgehead atoms. The van der Waals surface area contributed by atoms with E-state index in [0.29, 0.717) is 22.2 Å². The Hall–Kier alpha value is -1.87. The Morgan fingerprint density at radius 2 is 1.65 bits per heavy atom. The summed E-state index contributed by atoms with van der Waals surface area (Å²) in [7, 11) is 0. The predicted octanol–water partition coefficient (Wildman–Crippen LogP) is 3.39. The van der Waals surface area contributed by atoms with Crippen LogP contribution in [0.5, 0.6) is 11.5 Å². The zero-order valence-corrected chi connectivity index (χ0v) is 9.65. The van der Waals surface area contributed by atoms with Crippen LogP contribution in [0.3, 0.4) is 0 Å². The van der Waals surface area contributed by atoms with Gasteiger partial charge in [0.2, 0.25) is 0 Å². The first-order chi connectivity index (χ1) is 8.22. The van der Waals surface area contributed by atoms with E-state index < -0.39 is 6.29 Å². The van der Waals surface area contributed by atoms with Gasteiger partial charge in [0.25, 0.3) is 6.29 Å². The van der Waals surface area contributed by atoms with Crippen molar-refractivity contribution in [2.24, 2.45) is 0 Å². The minimum Gasteiger partial charge on any atom is -0.447 e. The molecule has 4 heteroatoms. The van der Waals surface area contributed by atoms with Gasteiger partial charge in [-0.2, -0.15) is 0 Å². The molecule has 1 heterocycles. The molecular weight excluding hydrogens is 238 g/mol. The van der Waals surface area contributed by atoms with E-state index in [0.717, 1.165) is 5.56 Å². The van der Waals surface area contributed by atoms with Gasteiger partial charge in [-0.05, 0) is 24.3 Å². The van der Waals surface area contributed by atoms with Gasteiger partial charge in [0.15, 0.2) is 11.5 Å². The number of fused-ring (bicyclic) bond motifs is 1. The fourth-order valence-electron chi connectivity index (χ4n) is 1.72. The van der Waals surface area contributed by atoms with Crippen LogP contribution in [0.25, 0.3) is 0 Å². The number of nitrogens with two attached hydrogens (primary N) is 1.